The number of hydrogen-bond acceptors (Lipinski definition) is 5. The van der Waals surface area contributed by atoms with Crippen molar-refractivity contribution in [3.63, 3.8) is 0 Å². The number of carbonyl (C=O) groups is 1. The summed E-state index contributed by atoms with van der Waals surface area (Å²) in [6.07, 6.45) is -2.45. The molecule has 1 saturated heterocycles. The molecule has 0 aliphatic carbocycles. The summed E-state index contributed by atoms with van der Waals surface area (Å²) in [7, 11) is -3.37. The van der Waals surface area contributed by atoms with Crippen LogP contribution in [0.1, 0.15) is 17.0 Å². The van der Waals surface area contributed by atoms with Crippen LogP contribution in [-0.2, 0) is 20.8 Å². The first-order valence-corrected chi connectivity index (χ1v) is 11.4. The number of sulfone groups is 1. The van der Waals surface area contributed by atoms with Crippen LogP contribution in [0.25, 0.3) is 0 Å². The number of aldehydes is 1. The molecule has 0 spiro atoms. The highest BCUT2D eigenvalue weighted by Gasteiger charge is 2.31. The fraction of sp³-hybridized carbons (Fsp3) is 0.381. The van der Waals surface area contributed by atoms with E-state index in [2.05, 4.69) is 4.90 Å². The molecule has 1 fully saturated rings. The smallest absolute Gasteiger partial charge is 0.369 e. The minimum atomic E-state index is -4.38. The van der Waals surface area contributed by atoms with Crippen molar-refractivity contribution >= 4 is 21.8 Å². The molecule has 0 saturated carbocycles. The molecule has 1 aliphatic rings. The van der Waals surface area contributed by atoms with Crippen LogP contribution in [0.2, 0.25) is 0 Å². The normalized spacial score (nSPS) is 17.0. The standard InChI is InChI=1S/C21H23F3N2O3S/c1-30(28,29)20-7-2-4-16(12-20)17(15-27)14-25-8-10-26(11-9-25)19-6-3-5-18(13-19)21(22,23)24/h2-7,12-13,15,17H,8-11,14H2,1H3. The average molecular weight is 440 g/mol. The predicted octanol–water partition coefficient (Wildman–Crippen LogP) is 3.21. The van der Waals surface area contributed by atoms with E-state index in [1.807, 2.05) is 4.90 Å². The third kappa shape index (κ3) is 5.40. The van der Waals surface area contributed by atoms with Gasteiger partial charge in [-0.15, -0.1) is 0 Å². The molecule has 9 heteroatoms. The Balaban J connectivity index is 1.65. The molecule has 0 aromatic heterocycles. The highest BCUT2D eigenvalue weighted by atomic mass is 32.2. The Labute approximate surface area is 174 Å². The van der Waals surface area contributed by atoms with Gasteiger partial charge in [-0.3, -0.25) is 4.90 Å². The monoisotopic (exact) mass is 440 g/mol. The lowest BCUT2D eigenvalue weighted by Crippen LogP contribution is -2.47. The van der Waals surface area contributed by atoms with E-state index >= 15 is 0 Å². The zero-order valence-corrected chi connectivity index (χ0v) is 17.3. The molecule has 1 unspecified atom stereocenters. The number of alkyl halides is 3. The average Bonchev–Trinajstić information content (AvgIpc) is 2.71. The molecular weight excluding hydrogens is 417 g/mol. The lowest BCUT2D eigenvalue weighted by atomic mass is 10.00. The zero-order chi connectivity index (χ0) is 21.9. The van der Waals surface area contributed by atoms with Crippen LogP contribution in [0.15, 0.2) is 53.4 Å². The number of piperazine rings is 1. The van der Waals surface area contributed by atoms with Crippen LogP contribution in [0.3, 0.4) is 0 Å². The molecule has 1 heterocycles. The molecule has 2 aromatic carbocycles. The molecule has 0 radical (unpaired) electrons. The Morgan fingerprint density at radius 1 is 1.03 bits per heavy atom. The van der Waals surface area contributed by atoms with Crippen molar-refractivity contribution in [2.24, 2.45) is 0 Å². The van der Waals surface area contributed by atoms with E-state index in [4.69, 9.17) is 0 Å². The molecule has 0 N–H and O–H groups in total. The summed E-state index contributed by atoms with van der Waals surface area (Å²) in [5.41, 5.74) is 0.486. The highest BCUT2D eigenvalue weighted by molar-refractivity contribution is 7.90. The van der Waals surface area contributed by atoms with E-state index < -0.39 is 27.5 Å². The number of benzene rings is 2. The Morgan fingerprint density at radius 3 is 2.30 bits per heavy atom. The lowest BCUT2D eigenvalue weighted by molar-refractivity contribution is -0.137. The Morgan fingerprint density at radius 2 is 1.70 bits per heavy atom. The molecule has 3 rings (SSSR count). The van der Waals surface area contributed by atoms with Crippen molar-refractivity contribution in [3.05, 3.63) is 59.7 Å². The van der Waals surface area contributed by atoms with Crippen LogP contribution < -0.4 is 4.90 Å². The summed E-state index contributed by atoms with van der Waals surface area (Å²) in [5.74, 6) is -0.480. The first-order chi connectivity index (χ1) is 14.1. The first-order valence-electron chi connectivity index (χ1n) is 9.48. The summed E-state index contributed by atoms with van der Waals surface area (Å²) in [4.78, 5) is 15.8. The van der Waals surface area contributed by atoms with Crippen molar-refractivity contribution in [1.29, 1.82) is 0 Å². The largest absolute Gasteiger partial charge is 0.416 e. The third-order valence-electron chi connectivity index (χ3n) is 5.24. The van der Waals surface area contributed by atoms with Crippen molar-refractivity contribution < 1.29 is 26.4 Å². The van der Waals surface area contributed by atoms with Crippen LogP contribution in [0.4, 0.5) is 18.9 Å². The molecule has 0 bridgehead atoms. The number of rotatable bonds is 6. The van der Waals surface area contributed by atoms with Crippen LogP contribution >= 0.6 is 0 Å². The molecule has 0 amide bonds. The molecule has 30 heavy (non-hydrogen) atoms. The summed E-state index contributed by atoms with van der Waals surface area (Å²) < 4.78 is 62.4. The fourth-order valence-corrected chi connectivity index (χ4v) is 4.22. The van der Waals surface area contributed by atoms with Gasteiger partial charge < -0.3 is 9.69 Å². The van der Waals surface area contributed by atoms with Crippen molar-refractivity contribution in [1.82, 2.24) is 4.90 Å². The number of anilines is 1. The van der Waals surface area contributed by atoms with Crippen LogP contribution in [0.5, 0.6) is 0 Å². The maximum atomic E-state index is 12.9. The number of carbonyl (C=O) groups excluding carboxylic acids is 1. The van der Waals surface area contributed by atoms with E-state index in [1.165, 1.54) is 18.2 Å². The van der Waals surface area contributed by atoms with Gasteiger partial charge in [0.1, 0.15) is 6.29 Å². The molecule has 162 valence electrons. The van der Waals surface area contributed by atoms with E-state index in [0.29, 0.717) is 44.0 Å². The fourth-order valence-electron chi connectivity index (χ4n) is 3.55. The molecule has 2 aromatic rings. The number of nitrogens with zero attached hydrogens (tertiary/aromatic N) is 2. The maximum absolute atomic E-state index is 12.9. The Bertz CT molecular complexity index is 1000. The van der Waals surface area contributed by atoms with Gasteiger partial charge in [0.05, 0.1) is 16.4 Å². The van der Waals surface area contributed by atoms with E-state index in [1.54, 1.807) is 18.2 Å². The molecule has 5 nitrogen and oxygen atoms in total. The number of halogens is 3. The van der Waals surface area contributed by atoms with Gasteiger partial charge in [-0.25, -0.2) is 8.42 Å². The second kappa shape index (κ2) is 8.77. The van der Waals surface area contributed by atoms with Gasteiger partial charge in [0.25, 0.3) is 0 Å². The van der Waals surface area contributed by atoms with Crippen LogP contribution in [-0.4, -0.2) is 58.6 Å². The van der Waals surface area contributed by atoms with Crippen molar-refractivity contribution in [2.75, 3.05) is 43.9 Å². The molecule has 1 aliphatic heterocycles. The summed E-state index contributed by atoms with van der Waals surface area (Å²) in [6.45, 7) is 2.68. The topological polar surface area (TPSA) is 57.7 Å². The van der Waals surface area contributed by atoms with Gasteiger partial charge in [-0.1, -0.05) is 18.2 Å². The minimum absolute atomic E-state index is 0.168. The highest BCUT2D eigenvalue weighted by Crippen LogP contribution is 2.32. The van der Waals surface area contributed by atoms with E-state index in [9.17, 15) is 26.4 Å². The van der Waals surface area contributed by atoms with Gasteiger partial charge in [-0.2, -0.15) is 13.2 Å². The third-order valence-corrected chi connectivity index (χ3v) is 6.35. The second-order valence-corrected chi connectivity index (χ2v) is 9.44. The Hall–Kier alpha value is -2.39. The van der Waals surface area contributed by atoms with Crippen molar-refractivity contribution in [2.45, 2.75) is 17.0 Å². The molecular formula is C21H23F3N2O3S. The van der Waals surface area contributed by atoms with Crippen LogP contribution in [0, 0.1) is 0 Å². The van der Waals surface area contributed by atoms with Gasteiger partial charge >= 0.3 is 6.18 Å². The Kier molecular flexibility index (Phi) is 6.52. The zero-order valence-electron chi connectivity index (χ0n) is 16.5. The van der Waals surface area contributed by atoms with E-state index in [-0.39, 0.29) is 4.90 Å². The molecule has 1 atom stereocenters. The second-order valence-electron chi connectivity index (χ2n) is 7.42. The summed E-state index contributed by atoms with van der Waals surface area (Å²) in [6, 6.07) is 11.6. The summed E-state index contributed by atoms with van der Waals surface area (Å²) in [5, 5.41) is 0. The van der Waals surface area contributed by atoms with Crippen molar-refractivity contribution in [3.8, 4) is 0 Å². The number of hydrogen-bond donors (Lipinski definition) is 0. The minimum Gasteiger partial charge on any atom is -0.369 e. The SMILES string of the molecule is CS(=O)(=O)c1cccc(C(C=O)CN2CCN(c3cccc(C(F)(F)F)c3)CC2)c1. The van der Waals surface area contributed by atoms with E-state index in [0.717, 1.165) is 24.7 Å². The maximum Gasteiger partial charge on any atom is 0.416 e. The summed E-state index contributed by atoms with van der Waals surface area (Å²) >= 11 is 0. The predicted molar refractivity (Wildman–Crippen MR) is 108 cm³/mol. The van der Waals surface area contributed by atoms with Gasteiger partial charge in [0.15, 0.2) is 9.84 Å². The quantitative estimate of drug-likeness (QED) is 0.646. The van der Waals surface area contributed by atoms with Gasteiger partial charge in [0.2, 0.25) is 0 Å². The van der Waals surface area contributed by atoms with Gasteiger partial charge in [0, 0.05) is 44.7 Å². The van der Waals surface area contributed by atoms with Gasteiger partial charge in [-0.05, 0) is 35.9 Å². The first kappa shape index (κ1) is 22.3. The lowest BCUT2D eigenvalue weighted by Gasteiger charge is -2.37.